The Morgan fingerprint density at radius 1 is 1.61 bits per heavy atom. The molecule has 2 heterocycles. The average molecular weight is 250 g/mol. The molecule has 1 unspecified atom stereocenters. The summed E-state index contributed by atoms with van der Waals surface area (Å²) in [6.07, 6.45) is 4.56. The summed E-state index contributed by atoms with van der Waals surface area (Å²) in [5.74, 6) is 0.521. The van der Waals surface area contributed by atoms with Gasteiger partial charge >= 0.3 is 0 Å². The first-order valence-electron chi connectivity index (χ1n) is 6.18. The van der Waals surface area contributed by atoms with Crippen molar-refractivity contribution in [3.8, 4) is 0 Å². The molecule has 1 amide bonds. The molecule has 2 N–H and O–H groups in total. The van der Waals surface area contributed by atoms with Crippen LogP contribution in [0.1, 0.15) is 19.8 Å². The fourth-order valence-electron chi connectivity index (χ4n) is 2.08. The number of nitrogens with zero attached hydrogens (tertiary/aromatic N) is 3. The van der Waals surface area contributed by atoms with Crippen molar-refractivity contribution in [1.82, 2.24) is 15.3 Å². The lowest BCUT2D eigenvalue weighted by atomic mass is 10.2. The topological polar surface area (TPSA) is 78.4 Å². The highest BCUT2D eigenvalue weighted by Crippen LogP contribution is 2.21. The number of hydrogen-bond acceptors (Lipinski definition) is 5. The van der Waals surface area contributed by atoms with E-state index in [0.29, 0.717) is 5.95 Å². The second-order valence-electron chi connectivity index (χ2n) is 4.49. The minimum Gasteiger partial charge on any atom is -0.392 e. The smallest absolute Gasteiger partial charge is 0.242 e. The van der Waals surface area contributed by atoms with Gasteiger partial charge in [0.05, 0.1) is 6.10 Å². The van der Waals surface area contributed by atoms with Crippen LogP contribution in [0.15, 0.2) is 18.5 Å². The Kier molecular flexibility index (Phi) is 4.09. The first-order valence-corrected chi connectivity index (χ1v) is 6.18. The third kappa shape index (κ3) is 2.95. The summed E-state index contributed by atoms with van der Waals surface area (Å²) in [5.41, 5.74) is 0. The predicted octanol–water partition coefficient (Wildman–Crippen LogP) is -0.0576. The standard InChI is InChI=1S/C12H18N4O2/c1-9(17)8-15-11(18)10-4-2-7-16(10)12-13-5-3-6-14-12/h3,5-6,9-10,17H,2,4,7-8H2,1H3,(H,15,18)/t9-,10?/m0/s1. The summed E-state index contributed by atoms with van der Waals surface area (Å²) in [6, 6.07) is 1.52. The Balaban J connectivity index is 2.01. The molecule has 0 aromatic carbocycles. The van der Waals surface area contributed by atoms with Gasteiger partial charge in [0.25, 0.3) is 0 Å². The third-order valence-electron chi connectivity index (χ3n) is 2.94. The van der Waals surface area contributed by atoms with E-state index in [0.717, 1.165) is 19.4 Å². The minimum atomic E-state index is -0.531. The minimum absolute atomic E-state index is 0.0687. The van der Waals surface area contributed by atoms with E-state index in [4.69, 9.17) is 0 Å². The molecule has 6 nitrogen and oxygen atoms in total. The van der Waals surface area contributed by atoms with Gasteiger partial charge in [0, 0.05) is 25.5 Å². The molecule has 1 aliphatic rings. The van der Waals surface area contributed by atoms with Crippen molar-refractivity contribution in [1.29, 1.82) is 0 Å². The number of aliphatic hydroxyl groups excluding tert-OH is 1. The lowest BCUT2D eigenvalue weighted by molar-refractivity contribution is -0.122. The van der Waals surface area contributed by atoms with Crippen molar-refractivity contribution in [2.75, 3.05) is 18.0 Å². The molecule has 0 radical (unpaired) electrons. The molecule has 0 spiro atoms. The van der Waals surface area contributed by atoms with Crippen LogP contribution in [-0.4, -0.2) is 46.2 Å². The number of carbonyl (C=O) groups is 1. The maximum Gasteiger partial charge on any atom is 0.242 e. The summed E-state index contributed by atoms with van der Waals surface area (Å²) >= 11 is 0. The van der Waals surface area contributed by atoms with E-state index >= 15 is 0 Å². The molecule has 0 bridgehead atoms. The molecule has 1 aromatic rings. The molecular formula is C12H18N4O2. The summed E-state index contributed by atoms with van der Waals surface area (Å²) in [7, 11) is 0. The van der Waals surface area contributed by atoms with Crippen LogP contribution in [0.3, 0.4) is 0 Å². The van der Waals surface area contributed by atoms with Gasteiger partial charge in [-0.3, -0.25) is 4.79 Å². The first-order chi connectivity index (χ1) is 8.68. The second-order valence-corrected chi connectivity index (χ2v) is 4.49. The van der Waals surface area contributed by atoms with E-state index in [1.807, 2.05) is 4.90 Å². The molecule has 98 valence electrons. The van der Waals surface area contributed by atoms with Crippen LogP contribution < -0.4 is 10.2 Å². The van der Waals surface area contributed by atoms with Gasteiger partial charge in [-0.2, -0.15) is 0 Å². The van der Waals surface area contributed by atoms with Crippen LogP contribution in [0.2, 0.25) is 0 Å². The lowest BCUT2D eigenvalue weighted by Gasteiger charge is -2.23. The van der Waals surface area contributed by atoms with Gasteiger partial charge in [-0.15, -0.1) is 0 Å². The number of nitrogens with one attached hydrogen (secondary N) is 1. The summed E-state index contributed by atoms with van der Waals surface area (Å²) in [4.78, 5) is 22.3. The first kappa shape index (κ1) is 12.8. The van der Waals surface area contributed by atoms with Gasteiger partial charge < -0.3 is 15.3 Å². The zero-order chi connectivity index (χ0) is 13.0. The van der Waals surface area contributed by atoms with Gasteiger partial charge in [-0.1, -0.05) is 0 Å². The van der Waals surface area contributed by atoms with E-state index in [-0.39, 0.29) is 18.5 Å². The molecule has 0 saturated carbocycles. The van der Waals surface area contributed by atoms with Crippen LogP contribution in [0.25, 0.3) is 0 Å². The van der Waals surface area contributed by atoms with Crippen LogP contribution in [0.4, 0.5) is 5.95 Å². The number of carbonyl (C=O) groups excluding carboxylic acids is 1. The van der Waals surface area contributed by atoms with Crippen LogP contribution in [0, 0.1) is 0 Å². The molecule has 1 saturated heterocycles. The number of rotatable bonds is 4. The fraction of sp³-hybridized carbons (Fsp3) is 0.583. The monoisotopic (exact) mass is 250 g/mol. The molecule has 0 aliphatic carbocycles. The number of aromatic nitrogens is 2. The number of anilines is 1. The molecule has 1 fully saturated rings. The lowest BCUT2D eigenvalue weighted by Crippen LogP contribution is -2.45. The zero-order valence-electron chi connectivity index (χ0n) is 10.4. The van der Waals surface area contributed by atoms with E-state index in [1.165, 1.54) is 0 Å². The van der Waals surface area contributed by atoms with Gasteiger partial charge in [-0.25, -0.2) is 9.97 Å². The molecule has 18 heavy (non-hydrogen) atoms. The van der Waals surface area contributed by atoms with Crippen molar-refractivity contribution < 1.29 is 9.90 Å². The Labute approximate surface area is 106 Å². The molecular weight excluding hydrogens is 232 g/mol. The maximum absolute atomic E-state index is 12.0. The Hall–Kier alpha value is -1.69. The van der Waals surface area contributed by atoms with E-state index in [1.54, 1.807) is 25.4 Å². The maximum atomic E-state index is 12.0. The van der Waals surface area contributed by atoms with Crippen molar-refractivity contribution in [3.05, 3.63) is 18.5 Å². The molecule has 6 heteroatoms. The fourth-order valence-corrected chi connectivity index (χ4v) is 2.08. The van der Waals surface area contributed by atoms with Crippen molar-refractivity contribution in [3.63, 3.8) is 0 Å². The summed E-state index contributed by atoms with van der Waals surface area (Å²) in [6.45, 7) is 2.71. The van der Waals surface area contributed by atoms with E-state index in [2.05, 4.69) is 15.3 Å². The predicted molar refractivity (Wildman–Crippen MR) is 67.1 cm³/mol. The van der Waals surface area contributed by atoms with Gasteiger partial charge in [0.15, 0.2) is 0 Å². The van der Waals surface area contributed by atoms with Crippen LogP contribution in [-0.2, 0) is 4.79 Å². The third-order valence-corrected chi connectivity index (χ3v) is 2.94. The highest BCUT2D eigenvalue weighted by atomic mass is 16.3. The highest BCUT2D eigenvalue weighted by Gasteiger charge is 2.32. The Morgan fingerprint density at radius 3 is 3.00 bits per heavy atom. The highest BCUT2D eigenvalue weighted by molar-refractivity contribution is 5.85. The molecule has 2 rings (SSSR count). The van der Waals surface area contributed by atoms with Crippen molar-refractivity contribution >= 4 is 11.9 Å². The Bertz CT molecular complexity index is 396. The van der Waals surface area contributed by atoms with Crippen molar-refractivity contribution in [2.45, 2.75) is 31.9 Å². The SMILES string of the molecule is C[C@H](O)CNC(=O)C1CCCN1c1ncccn1. The number of hydrogen-bond donors (Lipinski definition) is 2. The molecule has 2 atom stereocenters. The van der Waals surface area contributed by atoms with E-state index < -0.39 is 6.10 Å². The van der Waals surface area contributed by atoms with Crippen molar-refractivity contribution in [2.24, 2.45) is 0 Å². The molecule has 1 aliphatic heterocycles. The van der Waals surface area contributed by atoms with E-state index in [9.17, 15) is 9.90 Å². The average Bonchev–Trinajstić information content (AvgIpc) is 2.86. The Morgan fingerprint density at radius 2 is 2.33 bits per heavy atom. The number of aliphatic hydroxyl groups is 1. The largest absolute Gasteiger partial charge is 0.392 e. The van der Waals surface area contributed by atoms with Gasteiger partial charge in [0.1, 0.15) is 6.04 Å². The quantitative estimate of drug-likeness (QED) is 0.783. The number of amides is 1. The van der Waals surface area contributed by atoms with Gasteiger partial charge in [0.2, 0.25) is 11.9 Å². The summed E-state index contributed by atoms with van der Waals surface area (Å²) < 4.78 is 0. The molecule has 1 aromatic heterocycles. The van der Waals surface area contributed by atoms with Crippen LogP contribution >= 0.6 is 0 Å². The van der Waals surface area contributed by atoms with Crippen LogP contribution in [0.5, 0.6) is 0 Å². The summed E-state index contributed by atoms with van der Waals surface area (Å²) in [5, 5.41) is 11.9. The normalized spacial score (nSPS) is 20.8. The second kappa shape index (κ2) is 5.77. The van der Waals surface area contributed by atoms with Gasteiger partial charge in [-0.05, 0) is 25.8 Å². The zero-order valence-corrected chi connectivity index (χ0v) is 10.4.